The van der Waals surface area contributed by atoms with Crippen LogP contribution in [0.15, 0.2) is 53.7 Å². The molecule has 4 nitrogen and oxygen atoms in total. The smallest absolute Gasteiger partial charge is 0.128 e. The van der Waals surface area contributed by atoms with Crippen molar-refractivity contribution < 1.29 is 4.21 Å². The third-order valence-corrected chi connectivity index (χ3v) is 5.77. The van der Waals surface area contributed by atoms with E-state index in [9.17, 15) is 4.21 Å². The van der Waals surface area contributed by atoms with Crippen LogP contribution in [0.3, 0.4) is 0 Å². The third kappa shape index (κ3) is 5.73. The largest absolute Gasteiger partial charge is 0.317 e. The maximum atomic E-state index is 13.2. The lowest BCUT2D eigenvalue weighted by Gasteiger charge is -2.33. The van der Waals surface area contributed by atoms with Crippen molar-refractivity contribution in [2.45, 2.75) is 51.1 Å². The molecule has 1 aromatic heterocycles. The van der Waals surface area contributed by atoms with Crippen LogP contribution in [0.1, 0.15) is 37.8 Å². The van der Waals surface area contributed by atoms with E-state index in [-0.39, 0.29) is 0 Å². The minimum absolute atomic E-state index is 0.339. The van der Waals surface area contributed by atoms with E-state index >= 15 is 0 Å². The summed E-state index contributed by atoms with van der Waals surface area (Å²) in [6.45, 7) is 8.72. The first-order chi connectivity index (χ1) is 12.2. The molecule has 1 atom stereocenters. The van der Waals surface area contributed by atoms with E-state index in [1.807, 2.05) is 57.2 Å². The van der Waals surface area contributed by atoms with Crippen LogP contribution in [-0.4, -0.2) is 32.6 Å². The molecule has 0 spiro atoms. The summed E-state index contributed by atoms with van der Waals surface area (Å²) in [4.78, 5) is 4.95. The lowest BCUT2D eigenvalue weighted by molar-refractivity contribution is 0.267. The van der Waals surface area contributed by atoms with Crippen molar-refractivity contribution in [3.63, 3.8) is 0 Å². The Labute approximate surface area is 154 Å². The Morgan fingerprint density at radius 2 is 1.68 bits per heavy atom. The normalized spacial score (nSPS) is 16.2. The quantitative estimate of drug-likeness (QED) is 0.885. The number of nitrogens with one attached hydrogen (secondary N) is 1. The number of aryl methyl sites for hydroxylation is 1. The third-order valence-electron chi connectivity index (χ3n) is 4.24. The Kier molecular flexibility index (Phi) is 8.25. The van der Waals surface area contributed by atoms with Gasteiger partial charge in [-0.15, -0.1) is 0 Å². The first-order valence-electron chi connectivity index (χ1n) is 9.09. The molecule has 1 aromatic carbocycles. The van der Waals surface area contributed by atoms with E-state index < -0.39 is 11.0 Å². The molecular formula is C20H29N3OS. The van der Waals surface area contributed by atoms with E-state index in [1.54, 1.807) is 12.4 Å². The van der Waals surface area contributed by atoms with Crippen molar-refractivity contribution in [3.8, 4) is 0 Å². The predicted molar refractivity (Wildman–Crippen MR) is 105 cm³/mol. The molecule has 25 heavy (non-hydrogen) atoms. The van der Waals surface area contributed by atoms with Crippen LogP contribution in [0, 0.1) is 6.92 Å². The molecule has 1 fully saturated rings. The molecular weight excluding hydrogens is 330 g/mol. The van der Waals surface area contributed by atoms with Gasteiger partial charge < -0.3 is 5.32 Å². The number of hydrogen-bond acceptors (Lipinski definition) is 3. The summed E-state index contributed by atoms with van der Waals surface area (Å²) in [6.07, 6.45) is 5.65. The Morgan fingerprint density at radius 1 is 1.08 bits per heavy atom. The van der Waals surface area contributed by atoms with E-state index in [0.29, 0.717) is 12.6 Å². The van der Waals surface area contributed by atoms with E-state index in [1.165, 1.54) is 5.56 Å². The van der Waals surface area contributed by atoms with Crippen LogP contribution in [-0.2, 0) is 17.5 Å². The number of benzene rings is 1. The fourth-order valence-electron chi connectivity index (χ4n) is 2.88. The van der Waals surface area contributed by atoms with Gasteiger partial charge in [0.1, 0.15) is 11.0 Å². The Hall–Kier alpha value is -1.56. The highest BCUT2D eigenvalue weighted by Gasteiger charge is 2.26. The fraction of sp³-hybridized carbons (Fsp3) is 0.450. The van der Waals surface area contributed by atoms with Gasteiger partial charge in [0.25, 0.3) is 0 Å². The Morgan fingerprint density at radius 3 is 2.28 bits per heavy atom. The second-order valence-electron chi connectivity index (χ2n) is 5.97. The van der Waals surface area contributed by atoms with Gasteiger partial charge in [0.2, 0.25) is 0 Å². The van der Waals surface area contributed by atoms with Gasteiger partial charge in [0, 0.05) is 25.0 Å². The van der Waals surface area contributed by atoms with Crippen LogP contribution in [0.5, 0.6) is 0 Å². The van der Waals surface area contributed by atoms with Crippen molar-refractivity contribution in [2.75, 3.05) is 13.1 Å². The van der Waals surface area contributed by atoms with Crippen molar-refractivity contribution in [3.05, 3.63) is 59.9 Å². The zero-order valence-corrected chi connectivity index (χ0v) is 16.3. The molecule has 2 heterocycles. The summed E-state index contributed by atoms with van der Waals surface area (Å²) in [7, 11) is -1.14. The summed E-state index contributed by atoms with van der Waals surface area (Å²) in [6, 6.07) is 12.4. The van der Waals surface area contributed by atoms with Crippen LogP contribution in [0.4, 0.5) is 0 Å². The van der Waals surface area contributed by atoms with Crippen LogP contribution in [0.2, 0.25) is 0 Å². The lowest BCUT2D eigenvalue weighted by atomic mass is 10.1. The van der Waals surface area contributed by atoms with Crippen LogP contribution in [0.25, 0.3) is 0 Å². The van der Waals surface area contributed by atoms with Crippen molar-refractivity contribution in [2.24, 2.45) is 0 Å². The summed E-state index contributed by atoms with van der Waals surface area (Å²) in [5.41, 5.74) is 2.34. The Bertz CT molecular complexity index is 640. The molecule has 0 amide bonds. The van der Waals surface area contributed by atoms with Gasteiger partial charge in [-0.2, -0.15) is 0 Å². The van der Waals surface area contributed by atoms with Gasteiger partial charge in [-0.1, -0.05) is 31.5 Å². The molecule has 0 saturated carbocycles. The molecule has 3 rings (SSSR count). The van der Waals surface area contributed by atoms with Gasteiger partial charge in [0.05, 0.1) is 4.90 Å². The number of aromatic nitrogens is 1. The number of pyridine rings is 1. The maximum Gasteiger partial charge on any atom is 0.128 e. The highest BCUT2D eigenvalue weighted by Crippen LogP contribution is 2.22. The molecule has 1 N–H and O–H groups in total. The monoisotopic (exact) mass is 359 g/mol. The SMILES string of the molecule is CC.Cc1ccc(S(=O)N(Cc2ccncc2)C2CCNCC2)cc1. The first-order valence-corrected chi connectivity index (χ1v) is 10.2. The fourth-order valence-corrected chi connectivity index (χ4v) is 4.26. The highest BCUT2D eigenvalue weighted by atomic mass is 32.2. The van der Waals surface area contributed by atoms with Crippen molar-refractivity contribution in [1.29, 1.82) is 0 Å². The second kappa shape index (κ2) is 10.4. The van der Waals surface area contributed by atoms with Gasteiger partial charge in [-0.25, -0.2) is 8.51 Å². The molecule has 0 bridgehead atoms. The molecule has 1 saturated heterocycles. The van der Waals surface area contributed by atoms with Gasteiger partial charge >= 0.3 is 0 Å². The van der Waals surface area contributed by atoms with Crippen LogP contribution >= 0.6 is 0 Å². The topological polar surface area (TPSA) is 45.2 Å². The minimum Gasteiger partial charge on any atom is -0.317 e. The molecule has 1 aliphatic rings. The average molecular weight is 360 g/mol. The predicted octanol–water partition coefficient (Wildman–Crippen LogP) is 3.69. The van der Waals surface area contributed by atoms with E-state index in [2.05, 4.69) is 14.6 Å². The molecule has 0 radical (unpaired) electrons. The summed E-state index contributed by atoms with van der Waals surface area (Å²) in [5, 5.41) is 3.38. The highest BCUT2D eigenvalue weighted by molar-refractivity contribution is 7.82. The average Bonchev–Trinajstić information content (AvgIpc) is 2.69. The number of nitrogens with zero attached hydrogens (tertiary/aromatic N) is 2. The van der Waals surface area contributed by atoms with Crippen molar-refractivity contribution >= 4 is 11.0 Å². The number of rotatable bonds is 5. The lowest BCUT2D eigenvalue weighted by Crippen LogP contribution is -2.43. The molecule has 1 aliphatic heterocycles. The van der Waals surface area contributed by atoms with Crippen molar-refractivity contribution in [1.82, 2.24) is 14.6 Å². The molecule has 136 valence electrons. The minimum atomic E-state index is -1.14. The maximum absolute atomic E-state index is 13.2. The number of hydrogen-bond donors (Lipinski definition) is 1. The zero-order chi connectivity index (χ0) is 18.1. The molecule has 0 aliphatic carbocycles. The van der Waals surface area contributed by atoms with Crippen LogP contribution < -0.4 is 5.32 Å². The summed E-state index contributed by atoms with van der Waals surface area (Å²) >= 11 is 0. The summed E-state index contributed by atoms with van der Waals surface area (Å²) < 4.78 is 15.3. The molecule has 5 heteroatoms. The van der Waals surface area contributed by atoms with E-state index in [0.717, 1.165) is 36.4 Å². The first kappa shape index (κ1) is 19.8. The van der Waals surface area contributed by atoms with Gasteiger partial charge in [-0.05, 0) is 62.7 Å². The summed E-state index contributed by atoms with van der Waals surface area (Å²) in [5.74, 6) is 0. The zero-order valence-electron chi connectivity index (χ0n) is 15.4. The van der Waals surface area contributed by atoms with Gasteiger partial charge in [-0.3, -0.25) is 4.98 Å². The standard InChI is InChI=1S/C18H23N3OS.C2H6/c1-15-2-4-18(5-3-15)23(22)21(17-8-12-20-13-9-17)14-16-6-10-19-11-7-16;1-2/h2-7,10-11,17,20H,8-9,12-14H2,1H3;1-2H3. The number of piperidine rings is 1. The molecule has 1 unspecified atom stereocenters. The molecule has 2 aromatic rings. The van der Waals surface area contributed by atoms with Gasteiger partial charge in [0.15, 0.2) is 0 Å². The van der Waals surface area contributed by atoms with E-state index in [4.69, 9.17) is 0 Å². The Balaban J connectivity index is 0.00000109. The second-order valence-corrected chi connectivity index (χ2v) is 7.41.